The van der Waals surface area contributed by atoms with Gasteiger partial charge in [0.2, 0.25) is 0 Å². The second kappa shape index (κ2) is 7.61. The van der Waals surface area contributed by atoms with E-state index in [-0.39, 0.29) is 29.9 Å². The molecule has 0 atom stereocenters. The van der Waals surface area contributed by atoms with Crippen molar-refractivity contribution >= 4 is 11.9 Å². The Morgan fingerprint density at radius 3 is 2.62 bits per heavy atom. The number of pyridine rings is 1. The zero-order chi connectivity index (χ0) is 15.1. The van der Waals surface area contributed by atoms with E-state index in [0.29, 0.717) is 0 Å². The van der Waals surface area contributed by atoms with Gasteiger partial charge in [-0.3, -0.25) is 9.78 Å². The highest BCUT2D eigenvalue weighted by Gasteiger charge is 2.15. The van der Waals surface area contributed by atoms with Gasteiger partial charge < -0.3 is 15.2 Å². The molecular formula is C15H20N2O4. The van der Waals surface area contributed by atoms with E-state index in [0.717, 1.165) is 25.7 Å². The smallest absolute Gasteiger partial charge is 0.337 e. The highest BCUT2D eigenvalue weighted by atomic mass is 16.5. The Hall–Kier alpha value is -2.11. The van der Waals surface area contributed by atoms with Crippen LogP contribution in [0.15, 0.2) is 18.5 Å². The molecule has 1 saturated carbocycles. The number of rotatable bonds is 5. The second-order valence-corrected chi connectivity index (χ2v) is 5.26. The fourth-order valence-electron chi connectivity index (χ4n) is 2.46. The van der Waals surface area contributed by atoms with Crippen LogP contribution in [-0.2, 0) is 4.79 Å². The number of amides is 1. The van der Waals surface area contributed by atoms with Gasteiger partial charge in [-0.25, -0.2) is 4.79 Å². The van der Waals surface area contributed by atoms with E-state index in [2.05, 4.69) is 10.3 Å². The summed E-state index contributed by atoms with van der Waals surface area (Å²) in [4.78, 5) is 26.4. The summed E-state index contributed by atoms with van der Waals surface area (Å²) in [6, 6.07) is 1.58. The molecule has 0 aromatic carbocycles. The van der Waals surface area contributed by atoms with Gasteiger partial charge in [0.25, 0.3) is 5.91 Å². The largest absolute Gasteiger partial charge is 0.482 e. The summed E-state index contributed by atoms with van der Waals surface area (Å²) in [6.07, 6.45) is 9.43. The molecule has 1 fully saturated rings. The van der Waals surface area contributed by atoms with Crippen molar-refractivity contribution in [2.24, 2.45) is 0 Å². The van der Waals surface area contributed by atoms with Crippen LogP contribution in [0.25, 0.3) is 0 Å². The van der Waals surface area contributed by atoms with E-state index in [1.807, 2.05) is 0 Å². The molecule has 1 aliphatic rings. The average molecular weight is 292 g/mol. The predicted molar refractivity (Wildman–Crippen MR) is 76.3 cm³/mol. The lowest BCUT2D eigenvalue weighted by Gasteiger charge is -2.16. The summed E-state index contributed by atoms with van der Waals surface area (Å²) >= 11 is 0. The minimum Gasteiger partial charge on any atom is -0.482 e. The molecule has 0 unspecified atom stereocenters. The predicted octanol–water partition coefficient (Wildman–Crippen LogP) is 2.00. The Bertz CT molecular complexity index is 496. The number of ether oxygens (including phenoxy) is 1. The number of aromatic carboxylic acids is 1. The maximum atomic E-state index is 11.8. The summed E-state index contributed by atoms with van der Waals surface area (Å²) in [5.41, 5.74) is 0.0386. The molecule has 2 N–H and O–H groups in total. The quantitative estimate of drug-likeness (QED) is 0.810. The number of carboxylic acids is 1. The molecule has 0 saturated heterocycles. The number of hydrogen-bond donors (Lipinski definition) is 2. The van der Waals surface area contributed by atoms with Crippen LogP contribution in [0.3, 0.4) is 0 Å². The van der Waals surface area contributed by atoms with Gasteiger partial charge in [-0.1, -0.05) is 25.7 Å². The molecule has 0 bridgehead atoms. The fraction of sp³-hybridized carbons (Fsp3) is 0.533. The lowest BCUT2D eigenvalue weighted by atomic mass is 10.1. The van der Waals surface area contributed by atoms with Crippen LogP contribution in [0.1, 0.15) is 48.9 Å². The molecule has 21 heavy (non-hydrogen) atoms. The summed E-state index contributed by atoms with van der Waals surface area (Å²) in [5.74, 6) is -0.968. The van der Waals surface area contributed by atoms with Crippen LogP contribution in [0.5, 0.6) is 5.75 Å². The van der Waals surface area contributed by atoms with Gasteiger partial charge in [-0.15, -0.1) is 0 Å². The molecule has 6 heteroatoms. The maximum Gasteiger partial charge on any atom is 0.337 e. The average Bonchev–Trinajstić information content (AvgIpc) is 2.74. The second-order valence-electron chi connectivity index (χ2n) is 5.26. The van der Waals surface area contributed by atoms with Crippen molar-refractivity contribution in [3.8, 4) is 5.75 Å². The number of aromatic nitrogens is 1. The van der Waals surface area contributed by atoms with Gasteiger partial charge in [0.15, 0.2) is 6.61 Å². The molecule has 1 aliphatic carbocycles. The molecule has 0 aliphatic heterocycles. The van der Waals surface area contributed by atoms with Crippen molar-refractivity contribution in [3.05, 3.63) is 24.0 Å². The van der Waals surface area contributed by atoms with Gasteiger partial charge in [0.1, 0.15) is 5.75 Å². The van der Waals surface area contributed by atoms with E-state index in [1.54, 1.807) is 0 Å². The normalized spacial score (nSPS) is 16.0. The van der Waals surface area contributed by atoms with Gasteiger partial charge in [-0.2, -0.15) is 0 Å². The van der Waals surface area contributed by atoms with Crippen LogP contribution in [0.4, 0.5) is 0 Å². The summed E-state index contributed by atoms with van der Waals surface area (Å²) in [6.45, 7) is -0.124. The Balaban J connectivity index is 1.80. The molecule has 114 valence electrons. The van der Waals surface area contributed by atoms with Crippen molar-refractivity contribution < 1.29 is 19.4 Å². The van der Waals surface area contributed by atoms with Crippen molar-refractivity contribution in [1.82, 2.24) is 10.3 Å². The molecule has 0 radical (unpaired) electrons. The molecule has 1 aromatic heterocycles. The lowest BCUT2D eigenvalue weighted by Crippen LogP contribution is -2.37. The lowest BCUT2D eigenvalue weighted by molar-refractivity contribution is -0.123. The Kier molecular flexibility index (Phi) is 5.54. The molecule has 1 aromatic rings. The minimum atomic E-state index is -1.07. The molecule has 6 nitrogen and oxygen atoms in total. The third-order valence-electron chi connectivity index (χ3n) is 3.55. The monoisotopic (exact) mass is 292 g/mol. The summed E-state index contributed by atoms with van der Waals surface area (Å²) in [7, 11) is 0. The number of carboxylic acid groups (broad SMARTS) is 1. The van der Waals surface area contributed by atoms with Crippen LogP contribution in [0.2, 0.25) is 0 Å². The first-order chi connectivity index (χ1) is 10.1. The van der Waals surface area contributed by atoms with Crippen molar-refractivity contribution in [3.63, 3.8) is 0 Å². The molecule has 1 amide bonds. The highest BCUT2D eigenvalue weighted by molar-refractivity contribution is 5.87. The van der Waals surface area contributed by atoms with Crippen molar-refractivity contribution in [2.45, 2.75) is 44.6 Å². The first-order valence-corrected chi connectivity index (χ1v) is 7.25. The zero-order valence-corrected chi connectivity index (χ0v) is 11.9. The SMILES string of the molecule is O=C(COc1cncc(C(=O)O)c1)NC1CCCCCC1. The number of hydrogen-bond acceptors (Lipinski definition) is 4. The van der Waals surface area contributed by atoms with E-state index >= 15 is 0 Å². The zero-order valence-electron chi connectivity index (χ0n) is 11.9. The van der Waals surface area contributed by atoms with E-state index in [9.17, 15) is 9.59 Å². The number of carbonyl (C=O) groups is 2. The Morgan fingerprint density at radius 2 is 1.95 bits per heavy atom. The van der Waals surface area contributed by atoms with Crippen LogP contribution in [-0.4, -0.2) is 34.6 Å². The summed E-state index contributed by atoms with van der Waals surface area (Å²) < 4.78 is 5.29. The van der Waals surface area contributed by atoms with E-state index < -0.39 is 5.97 Å². The van der Waals surface area contributed by atoms with Crippen LogP contribution < -0.4 is 10.1 Å². The first kappa shape index (κ1) is 15.3. The van der Waals surface area contributed by atoms with Crippen LogP contribution in [0, 0.1) is 0 Å². The van der Waals surface area contributed by atoms with Crippen molar-refractivity contribution in [1.29, 1.82) is 0 Å². The van der Waals surface area contributed by atoms with Gasteiger partial charge in [0, 0.05) is 12.2 Å². The number of nitrogens with one attached hydrogen (secondary N) is 1. The van der Waals surface area contributed by atoms with E-state index in [1.165, 1.54) is 31.3 Å². The van der Waals surface area contributed by atoms with Gasteiger partial charge >= 0.3 is 5.97 Å². The first-order valence-electron chi connectivity index (χ1n) is 7.25. The Morgan fingerprint density at radius 1 is 1.24 bits per heavy atom. The highest BCUT2D eigenvalue weighted by Crippen LogP contribution is 2.17. The minimum absolute atomic E-state index is 0.0386. The number of nitrogens with zero attached hydrogens (tertiary/aromatic N) is 1. The topological polar surface area (TPSA) is 88.5 Å². The standard InChI is InChI=1S/C15H20N2O4/c18-14(17-12-5-3-1-2-4-6-12)10-21-13-7-11(15(19)20)8-16-9-13/h7-9,12H,1-6,10H2,(H,17,18)(H,19,20). The molecule has 1 heterocycles. The molecule has 0 spiro atoms. The van der Waals surface area contributed by atoms with E-state index in [4.69, 9.17) is 9.84 Å². The molecular weight excluding hydrogens is 272 g/mol. The van der Waals surface area contributed by atoms with Crippen molar-refractivity contribution in [2.75, 3.05) is 6.61 Å². The number of carbonyl (C=O) groups excluding carboxylic acids is 1. The van der Waals surface area contributed by atoms with Gasteiger partial charge in [0.05, 0.1) is 11.8 Å². The molecule has 2 rings (SSSR count). The van der Waals surface area contributed by atoms with Gasteiger partial charge in [-0.05, 0) is 18.9 Å². The van der Waals surface area contributed by atoms with Crippen LogP contribution >= 0.6 is 0 Å². The third-order valence-corrected chi connectivity index (χ3v) is 3.55. The summed E-state index contributed by atoms with van der Waals surface area (Å²) in [5, 5.41) is 11.8. The maximum absolute atomic E-state index is 11.8. The fourth-order valence-corrected chi connectivity index (χ4v) is 2.46. The Labute approximate surface area is 123 Å². The third kappa shape index (κ3) is 5.06.